The zero-order valence-electron chi connectivity index (χ0n) is 56.2. The van der Waals surface area contributed by atoms with E-state index in [1.165, 1.54) is 444 Å². The van der Waals surface area contributed by atoms with E-state index >= 15 is 0 Å². The van der Waals surface area contributed by atoms with E-state index in [2.05, 4.69) is 54.2 Å². The zero-order chi connectivity index (χ0) is 56.7. The SMILES string of the molecule is CCCCCCCCCCCCCCCN(CCCCCCCCCCCC)CCN1CCN(CCCCCCCCCCCCCCC)C(N(CCCCCCCCCCCC)CCCCCCCCCCCCCCC)C1. The van der Waals surface area contributed by atoms with Gasteiger partial charge in [-0.15, -0.1) is 0 Å². The summed E-state index contributed by atoms with van der Waals surface area (Å²) >= 11 is 0. The lowest BCUT2D eigenvalue weighted by atomic mass is 10.0. The van der Waals surface area contributed by atoms with Crippen molar-refractivity contribution in [1.29, 1.82) is 0 Å². The van der Waals surface area contributed by atoms with Gasteiger partial charge in [0.1, 0.15) is 0 Å². The highest BCUT2D eigenvalue weighted by Gasteiger charge is 2.31. The van der Waals surface area contributed by atoms with Crippen molar-refractivity contribution in [3.05, 3.63) is 0 Å². The first kappa shape index (κ1) is 76.9. The van der Waals surface area contributed by atoms with Crippen LogP contribution in [0.25, 0.3) is 0 Å². The fraction of sp³-hybridized carbons (Fsp3) is 1.00. The molecule has 0 aromatic heterocycles. The van der Waals surface area contributed by atoms with Gasteiger partial charge in [0.05, 0.1) is 6.17 Å². The van der Waals surface area contributed by atoms with Crippen molar-refractivity contribution in [3.8, 4) is 0 Å². The summed E-state index contributed by atoms with van der Waals surface area (Å²) in [6.45, 7) is 24.8. The molecule has 474 valence electrons. The lowest BCUT2D eigenvalue weighted by Gasteiger charge is -2.47. The second-order valence-corrected chi connectivity index (χ2v) is 26.8. The quantitative estimate of drug-likeness (QED) is 0.0563. The molecule has 0 amide bonds. The molecular formula is C75H154N4. The van der Waals surface area contributed by atoms with Crippen molar-refractivity contribution in [2.45, 2.75) is 420 Å². The first-order chi connectivity index (χ1) is 39.2. The molecule has 0 aromatic rings. The molecule has 1 aliphatic heterocycles. The smallest absolute Gasteiger partial charge is 0.0754 e. The van der Waals surface area contributed by atoms with Crippen LogP contribution >= 0.6 is 0 Å². The van der Waals surface area contributed by atoms with Gasteiger partial charge in [0, 0.05) is 32.7 Å². The van der Waals surface area contributed by atoms with Gasteiger partial charge < -0.3 is 4.90 Å². The van der Waals surface area contributed by atoms with E-state index < -0.39 is 0 Å². The maximum absolute atomic E-state index is 3.08. The number of hydrogen-bond donors (Lipinski definition) is 0. The number of hydrogen-bond acceptors (Lipinski definition) is 4. The van der Waals surface area contributed by atoms with Gasteiger partial charge in [-0.3, -0.25) is 14.7 Å². The van der Waals surface area contributed by atoms with Gasteiger partial charge in [-0.2, -0.15) is 0 Å². The summed E-state index contributed by atoms with van der Waals surface area (Å²) in [7, 11) is 0. The van der Waals surface area contributed by atoms with Crippen molar-refractivity contribution in [2.75, 3.05) is 65.4 Å². The van der Waals surface area contributed by atoms with Crippen LogP contribution in [0.4, 0.5) is 0 Å². The Morgan fingerprint density at radius 1 is 0.228 bits per heavy atom. The summed E-state index contributed by atoms with van der Waals surface area (Å²) in [5.74, 6) is 0. The highest BCUT2D eigenvalue weighted by Crippen LogP contribution is 2.22. The average Bonchev–Trinajstić information content (AvgIpc) is 3.48. The van der Waals surface area contributed by atoms with Crippen LogP contribution in [0, 0.1) is 0 Å². The predicted octanol–water partition coefficient (Wildman–Crippen LogP) is 24.6. The molecule has 0 saturated carbocycles. The molecule has 1 saturated heterocycles. The Labute approximate surface area is 502 Å². The molecule has 0 radical (unpaired) electrons. The molecule has 1 aliphatic rings. The molecule has 0 bridgehead atoms. The summed E-state index contributed by atoms with van der Waals surface area (Å²) in [4.78, 5) is 12.0. The van der Waals surface area contributed by atoms with E-state index in [0.29, 0.717) is 6.17 Å². The molecular weight excluding hydrogens is 957 g/mol. The normalized spacial score (nSPS) is 14.5. The highest BCUT2D eigenvalue weighted by atomic mass is 15.4. The molecule has 0 N–H and O–H groups in total. The Balaban J connectivity index is 2.95. The second-order valence-electron chi connectivity index (χ2n) is 26.8. The summed E-state index contributed by atoms with van der Waals surface area (Å²) in [6.07, 6.45) is 86.0. The van der Waals surface area contributed by atoms with Gasteiger partial charge in [-0.1, -0.05) is 381 Å². The maximum Gasteiger partial charge on any atom is 0.0754 e. The lowest BCUT2D eigenvalue weighted by molar-refractivity contribution is -0.0267. The molecule has 79 heavy (non-hydrogen) atoms. The summed E-state index contributed by atoms with van der Waals surface area (Å²) in [5.41, 5.74) is 0. The van der Waals surface area contributed by atoms with Crippen LogP contribution in [0.2, 0.25) is 0 Å². The monoisotopic (exact) mass is 1110 g/mol. The molecule has 1 rings (SSSR count). The van der Waals surface area contributed by atoms with E-state index in [4.69, 9.17) is 0 Å². The molecule has 4 nitrogen and oxygen atoms in total. The van der Waals surface area contributed by atoms with Crippen LogP contribution < -0.4 is 0 Å². The maximum atomic E-state index is 3.08. The number of rotatable bonds is 68. The Kier molecular flexibility index (Phi) is 63.6. The van der Waals surface area contributed by atoms with E-state index in [1.54, 1.807) is 0 Å². The van der Waals surface area contributed by atoms with Gasteiger partial charge in [-0.05, 0) is 64.8 Å². The standard InChI is InChI=1S/C75H154N4/c1-6-11-16-21-26-31-36-39-42-46-51-56-61-66-76(65-60-55-50-45-34-29-24-19-14-9-4)70-71-77-72-73-79(69-64-59-54-49-44-41-38-33-28-23-18-13-8-3)75(74-77)78(67-62-57-52-47-35-30-25-20-15-10-5)68-63-58-53-48-43-40-37-32-27-22-17-12-7-2/h75H,6-74H2,1-5H3. The first-order valence-electron chi connectivity index (χ1n) is 38.1. The van der Waals surface area contributed by atoms with E-state index in [-0.39, 0.29) is 0 Å². The fourth-order valence-corrected chi connectivity index (χ4v) is 13.3. The van der Waals surface area contributed by atoms with Crippen molar-refractivity contribution in [1.82, 2.24) is 19.6 Å². The van der Waals surface area contributed by atoms with Crippen molar-refractivity contribution < 1.29 is 0 Å². The fourth-order valence-electron chi connectivity index (χ4n) is 13.3. The van der Waals surface area contributed by atoms with Crippen LogP contribution in [-0.4, -0.2) is 91.2 Å². The number of nitrogens with zero attached hydrogens (tertiary/aromatic N) is 4. The number of piperazine rings is 1. The molecule has 1 atom stereocenters. The molecule has 1 unspecified atom stereocenters. The van der Waals surface area contributed by atoms with Gasteiger partial charge in [0.25, 0.3) is 0 Å². The molecule has 0 spiro atoms. The summed E-state index contributed by atoms with van der Waals surface area (Å²) < 4.78 is 0. The van der Waals surface area contributed by atoms with Crippen LogP contribution in [0.15, 0.2) is 0 Å². The summed E-state index contributed by atoms with van der Waals surface area (Å²) in [5, 5.41) is 0. The second kappa shape index (κ2) is 65.4. The Morgan fingerprint density at radius 2 is 0.456 bits per heavy atom. The van der Waals surface area contributed by atoms with Crippen LogP contribution in [0.5, 0.6) is 0 Å². The molecule has 4 heteroatoms. The first-order valence-corrected chi connectivity index (χ1v) is 38.1. The van der Waals surface area contributed by atoms with Crippen LogP contribution in [0.3, 0.4) is 0 Å². The van der Waals surface area contributed by atoms with Crippen LogP contribution in [0.1, 0.15) is 413 Å². The zero-order valence-corrected chi connectivity index (χ0v) is 56.2. The van der Waals surface area contributed by atoms with E-state index in [9.17, 15) is 0 Å². The van der Waals surface area contributed by atoms with Crippen LogP contribution in [-0.2, 0) is 0 Å². The van der Waals surface area contributed by atoms with Crippen molar-refractivity contribution >= 4 is 0 Å². The topological polar surface area (TPSA) is 13.0 Å². The van der Waals surface area contributed by atoms with Crippen molar-refractivity contribution in [2.24, 2.45) is 0 Å². The minimum atomic E-state index is 0.610. The third kappa shape index (κ3) is 54.3. The molecule has 0 aromatic carbocycles. The largest absolute Gasteiger partial charge is 0.302 e. The third-order valence-corrected chi connectivity index (χ3v) is 19.0. The van der Waals surface area contributed by atoms with Gasteiger partial charge in [0.15, 0.2) is 0 Å². The minimum Gasteiger partial charge on any atom is -0.302 e. The Bertz CT molecular complexity index is 1100. The molecule has 1 fully saturated rings. The lowest BCUT2D eigenvalue weighted by Crippen LogP contribution is -2.61. The number of unbranched alkanes of at least 4 members (excludes halogenated alkanes) is 54. The average molecular weight is 1110 g/mol. The van der Waals surface area contributed by atoms with Gasteiger partial charge in [0.2, 0.25) is 0 Å². The molecule has 1 heterocycles. The van der Waals surface area contributed by atoms with E-state index in [0.717, 1.165) is 0 Å². The highest BCUT2D eigenvalue weighted by molar-refractivity contribution is 4.84. The predicted molar refractivity (Wildman–Crippen MR) is 361 cm³/mol. The Morgan fingerprint density at radius 3 is 0.722 bits per heavy atom. The van der Waals surface area contributed by atoms with Gasteiger partial charge in [-0.25, -0.2) is 0 Å². The Hall–Kier alpha value is -0.160. The minimum absolute atomic E-state index is 0.610. The van der Waals surface area contributed by atoms with Crippen molar-refractivity contribution in [3.63, 3.8) is 0 Å². The summed E-state index contributed by atoms with van der Waals surface area (Å²) in [6, 6.07) is 0. The van der Waals surface area contributed by atoms with E-state index in [1.807, 2.05) is 0 Å². The van der Waals surface area contributed by atoms with Gasteiger partial charge >= 0.3 is 0 Å². The molecule has 0 aliphatic carbocycles. The third-order valence-electron chi connectivity index (χ3n) is 19.0.